The number of nitrogens with one attached hydrogen (secondary N) is 1. The van der Waals surface area contributed by atoms with Gasteiger partial charge < -0.3 is 10.1 Å². The van der Waals surface area contributed by atoms with Gasteiger partial charge in [-0.05, 0) is 67.4 Å². The van der Waals surface area contributed by atoms with Crippen LogP contribution in [0.3, 0.4) is 0 Å². The Labute approximate surface area is 152 Å². The van der Waals surface area contributed by atoms with Crippen molar-refractivity contribution in [1.82, 2.24) is 0 Å². The second-order valence-electron chi connectivity index (χ2n) is 6.19. The number of methoxy groups -OCH3 is 1. The first kappa shape index (κ1) is 17.7. The fraction of sp³-hybridized carbons (Fsp3) is 0.136. The number of carbonyl (C=O) groups excluding carboxylic acids is 1. The zero-order valence-corrected chi connectivity index (χ0v) is 15.0. The predicted octanol–water partition coefficient (Wildman–Crippen LogP) is 5.37. The summed E-state index contributed by atoms with van der Waals surface area (Å²) in [5.74, 6) is 0.00767. The SMILES string of the molecule is COc1cc(C(=O)Nc2ccc(F)cc2)ccc1-c1ccc(C)cc1C. The molecule has 0 aliphatic carbocycles. The fourth-order valence-corrected chi connectivity index (χ4v) is 2.91. The van der Waals surface area contributed by atoms with E-state index in [1.165, 1.54) is 29.8 Å². The van der Waals surface area contributed by atoms with Gasteiger partial charge in [-0.2, -0.15) is 0 Å². The van der Waals surface area contributed by atoms with E-state index in [0.717, 1.165) is 16.7 Å². The van der Waals surface area contributed by atoms with Crippen LogP contribution in [0.5, 0.6) is 5.75 Å². The molecule has 3 aromatic rings. The second kappa shape index (κ2) is 7.40. The highest BCUT2D eigenvalue weighted by Crippen LogP contribution is 2.33. The molecule has 1 amide bonds. The first-order chi connectivity index (χ1) is 12.5. The molecule has 0 atom stereocenters. The Morgan fingerprint density at radius 2 is 1.62 bits per heavy atom. The van der Waals surface area contributed by atoms with E-state index in [9.17, 15) is 9.18 Å². The number of rotatable bonds is 4. The molecule has 4 heteroatoms. The molecule has 0 saturated carbocycles. The Balaban J connectivity index is 1.90. The monoisotopic (exact) mass is 349 g/mol. The van der Waals surface area contributed by atoms with Gasteiger partial charge in [0.2, 0.25) is 0 Å². The maximum atomic E-state index is 13.0. The van der Waals surface area contributed by atoms with Gasteiger partial charge in [0, 0.05) is 16.8 Å². The average Bonchev–Trinajstić information content (AvgIpc) is 2.63. The molecule has 132 valence electrons. The third-order valence-corrected chi connectivity index (χ3v) is 4.24. The summed E-state index contributed by atoms with van der Waals surface area (Å²) in [6, 6.07) is 17.2. The third kappa shape index (κ3) is 3.75. The number of hydrogen-bond donors (Lipinski definition) is 1. The van der Waals surface area contributed by atoms with Crippen molar-refractivity contribution < 1.29 is 13.9 Å². The van der Waals surface area contributed by atoms with Crippen molar-refractivity contribution in [3.8, 4) is 16.9 Å². The van der Waals surface area contributed by atoms with Crippen molar-refractivity contribution in [2.24, 2.45) is 0 Å². The van der Waals surface area contributed by atoms with Gasteiger partial charge in [-0.3, -0.25) is 4.79 Å². The van der Waals surface area contributed by atoms with Crippen molar-refractivity contribution in [2.75, 3.05) is 12.4 Å². The molecule has 0 heterocycles. The molecular formula is C22H20FNO2. The lowest BCUT2D eigenvalue weighted by molar-refractivity contribution is 0.102. The Kier molecular flexibility index (Phi) is 5.03. The van der Waals surface area contributed by atoms with Crippen molar-refractivity contribution in [3.63, 3.8) is 0 Å². The van der Waals surface area contributed by atoms with E-state index in [0.29, 0.717) is 17.0 Å². The second-order valence-corrected chi connectivity index (χ2v) is 6.19. The van der Waals surface area contributed by atoms with Crippen molar-refractivity contribution in [2.45, 2.75) is 13.8 Å². The first-order valence-electron chi connectivity index (χ1n) is 8.30. The minimum Gasteiger partial charge on any atom is -0.496 e. The van der Waals surface area contributed by atoms with Crippen LogP contribution in [0.4, 0.5) is 10.1 Å². The zero-order valence-electron chi connectivity index (χ0n) is 15.0. The molecular weight excluding hydrogens is 329 g/mol. The fourth-order valence-electron chi connectivity index (χ4n) is 2.91. The Morgan fingerprint density at radius 3 is 2.27 bits per heavy atom. The Hall–Kier alpha value is -3.14. The van der Waals surface area contributed by atoms with Crippen LogP contribution < -0.4 is 10.1 Å². The van der Waals surface area contributed by atoms with Gasteiger partial charge in [-0.15, -0.1) is 0 Å². The summed E-state index contributed by atoms with van der Waals surface area (Å²) in [5.41, 5.74) is 5.35. The van der Waals surface area contributed by atoms with Crippen molar-refractivity contribution >= 4 is 11.6 Å². The van der Waals surface area contributed by atoms with Gasteiger partial charge in [-0.25, -0.2) is 4.39 Å². The predicted molar refractivity (Wildman–Crippen MR) is 102 cm³/mol. The summed E-state index contributed by atoms with van der Waals surface area (Å²) in [7, 11) is 1.59. The summed E-state index contributed by atoms with van der Waals surface area (Å²) in [6.07, 6.45) is 0. The third-order valence-electron chi connectivity index (χ3n) is 4.24. The number of carbonyl (C=O) groups is 1. The topological polar surface area (TPSA) is 38.3 Å². The number of ether oxygens (including phenoxy) is 1. The van der Waals surface area contributed by atoms with Crippen LogP contribution in [0.25, 0.3) is 11.1 Å². The smallest absolute Gasteiger partial charge is 0.255 e. The number of aryl methyl sites for hydroxylation is 2. The summed E-state index contributed by atoms with van der Waals surface area (Å²) in [6.45, 7) is 4.10. The quantitative estimate of drug-likeness (QED) is 0.687. The molecule has 0 aliphatic rings. The molecule has 0 aliphatic heterocycles. The Morgan fingerprint density at radius 1 is 0.923 bits per heavy atom. The molecule has 0 fully saturated rings. The highest BCUT2D eigenvalue weighted by molar-refractivity contribution is 6.05. The molecule has 0 bridgehead atoms. The van der Waals surface area contributed by atoms with Gasteiger partial charge in [0.1, 0.15) is 11.6 Å². The van der Waals surface area contributed by atoms with Crippen LogP contribution in [0, 0.1) is 19.7 Å². The van der Waals surface area contributed by atoms with Gasteiger partial charge in [-0.1, -0.05) is 23.8 Å². The number of amides is 1. The summed E-state index contributed by atoms with van der Waals surface area (Å²) in [4.78, 5) is 12.5. The van der Waals surface area contributed by atoms with Crippen molar-refractivity contribution in [1.29, 1.82) is 0 Å². The molecule has 0 spiro atoms. The van der Waals surface area contributed by atoms with E-state index < -0.39 is 0 Å². The lowest BCUT2D eigenvalue weighted by Crippen LogP contribution is -2.12. The minimum absolute atomic E-state index is 0.276. The lowest BCUT2D eigenvalue weighted by Gasteiger charge is -2.13. The highest BCUT2D eigenvalue weighted by atomic mass is 19.1. The number of benzene rings is 3. The van der Waals surface area contributed by atoms with Crippen LogP contribution >= 0.6 is 0 Å². The molecule has 3 nitrogen and oxygen atoms in total. The molecule has 3 aromatic carbocycles. The van der Waals surface area contributed by atoms with E-state index >= 15 is 0 Å². The molecule has 3 rings (SSSR count). The van der Waals surface area contributed by atoms with Gasteiger partial charge >= 0.3 is 0 Å². The number of hydrogen-bond acceptors (Lipinski definition) is 2. The summed E-state index contributed by atoms with van der Waals surface area (Å²) >= 11 is 0. The van der Waals surface area contributed by atoms with Gasteiger partial charge in [0.25, 0.3) is 5.91 Å². The maximum Gasteiger partial charge on any atom is 0.255 e. The largest absolute Gasteiger partial charge is 0.496 e. The summed E-state index contributed by atoms with van der Waals surface area (Å²) < 4.78 is 18.5. The van der Waals surface area contributed by atoms with Crippen molar-refractivity contribution in [3.05, 3.63) is 83.2 Å². The first-order valence-corrected chi connectivity index (χ1v) is 8.30. The minimum atomic E-state index is -0.345. The van der Waals surface area contributed by atoms with E-state index in [-0.39, 0.29) is 11.7 Å². The van der Waals surface area contributed by atoms with Crippen LogP contribution in [-0.4, -0.2) is 13.0 Å². The van der Waals surface area contributed by atoms with Crippen LogP contribution in [0.2, 0.25) is 0 Å². The Bertz CT molecular complexity index is 949. The molecule has 0 aromatic heterocycles. The molecule has 0 saturated heterocycles. The van der Waals surface area contributed by atoms with E-state index in [1.807, 2.05) is 6.07 Å². The van der Waals surface area contributed by atoms with E-state index in [4.69, 9.17) is 4.74 Å². The summed E-state index contributed by atoms with van der Waals surface area (Å²) in [5, 5.41) is 2.75. The van der Waals surface area contributed by atoms with Crippen LogP contribution in [0.15, 0.2) is 60.7 Å². The maximum absolute atomic E-state index is 13.0. The normalized spacial score (nSPS) is 10.5. The number of halogens is 1. The van der Waals surface area contributed by atoms with Gasteiger partial charge in [0.15, 0.2) is 0 Å². The molecule has 0 radical (unpaired) electrons. The van der Waals surface area contributed by atoms with Crippen LogP contribution in [-0.2, 0) is 0 Å². The number of anilines is 1. The zero-order chi connectivity index (χ0) is 18.7. The molecule has 1 N–H and O–H groups in total. The average molecular weight is 349 g/mol. The molecule has 26 heavy (non-hydrogen) atoms. The molecule has 0 unspecified atom stereocenters. The van der Waals surface area contributed by atoms with Crippen LogP contribution in [0.1, 0.15) is 21.5 Å². The lowest BCUT2D eigenvalue weighted by atomic mass is 9.97. The van der Waals surface area contributed by atoms with Gasteiger partial charge in [0.05, 0.1) is 7.11 Å². The van der Waals surface area contributed by atoms with E-state index in [2.05, 4.69) is 37.4 Å². The highest BCUT2D eigenvalue weighted by Gasteiger charge is 2.13. The standard InChI is InChI=1S/C22H20FNO2/c1-14-4-10-19(15(2)12-14)20-11-5-16(13-21(20)26-3)22(25)24-18-8-6-17(23)7-9-18/h4-13H,1-3H3,(H,24,25). The van der Waals surface area contributed by atoms with E-state index in [1.54, 1.807) is 19.2 Å².